The van der Waals surface area contributed by atoms with Gasteiger partial charge in [0.15, 0.2) is 5.78 Å². The minimum absolute atomic E-state index is 0.0651. The molecule has 2 aliphatic heterocycles. The Kier molecular flexibility index (Phi) is 7.15. The molecule has 0 spiro atoms. The van der Waals surface area contributed by atoms with Crippen molar-refractivity contribution in [3.05, 3.63) is 101 Å². The van der Waals surface area contributed by atoms with Gasteiger partial charge in [-0.2, -0.15) is 0 Å². The number of ketones is 1. The van der Waals surface area contributed by atoms with Crippen LogP contribution in [0.25, 0.3) is 0 Å². The van der Waals surface area contributed by atoms with Crippen molar-refractivity contribution in [2.45, 2.75) is 31.0 Å². The molecule has 2 aliphatic rings. The first kappa shape index (κ1) is 25.5. The zero-order valence-corrected chi connectivity index (χ0v) is 21.2. The number of carbonyl (C=O) groups is 4. The molecular weight excluding hydrogens is 506 g/mol. The van der Waals surface area contributed by atoms with Crippen LogP contribution in [0.1, 0.15) is 32.7 Å². The number of phenols is 1. The SMILES string of the molecule is O=C(NC(Cc1ccc(O)cc1)C(=O)N1CCC2C1C(=O)CN2C(=O)c1ccccc1)c1cccc(Cl)c1. The summed E-state index contributed by atoms with van der Waals surface area (Å²) in [5, 5.41) is 12.9. The maximum absolute atomic E-state index is 13.9. The third kappa shape index (κ3) is 5.13. The Morgan fingerprint density at radius 1 is 0.947 bits per heavy atom. The summed E-state index contributed by atoms with van der Waals surface area (Å²) in [5.74, 6) is -1.23. The van der Waals surface area contributed by atoms with E-state index in [2.05, 4.69) is 5.32 Å². The molecule has 2 N–H and O–H groups in total. The maximum atomic E-state index is 13.9. The molecule has 3 atom stereocenters. The van der Waals surface area contributed by atoms with Crippen LogP contribution in [0.4, 0.5) is 0 Å². The molecule has 3 unspecified atom stereocenters. The van der Waals surface area contributed by atoms with Crippen LogP contribution < -0.4 is 5.32 Å². The fourth-order valence-electron chi connectivity index (χ4n) is 5.22. The van der Waals surface area contributed by atoms with Gasteiger partial charge in [-0.25, -0.2) is 0 Å². The average molecular weight is 532 g/mol. The lowest BCUT2D eigenvalue weighted by Gasteiger charge is -2.28. The Balaban J connectivity index is 1.38. The van der Waals surface area contributed by atoms with Crippen molar-refractivity contribution < 1.29 is 24.3 Å². The summed E-state index contributed by atoms with van der Waals surface area (Å²) < 4.78 is 0. The van der Waals surface area contributed by atoms with Crippen LogP contribution in [-0.4, -0.2) is 69.6 Å². The highest BCUT2D eigenvalue weighted by atomic mass is 35.5. The van der Waals surface area contributed by atoms with Crippen LogP contribution >= 0.6 is 11.6 Å². The molecule has 5 rings (SSSR count). The van der Waals surface area contributed by atoms with Crippen molar-refractivity contribution in [3.63, 3.8) is 0 Å². The normalized spacial score (nSPS) is 19.2. The number of likely N-dealkylation sites (tertiary alicyclic amines) is 2. The molecule has 9 heteroatoms. The smallest absolute Gasteiger partial charge is 0.254 e. The predicted octanol–water partition coefficient (Wildman–Crippen LogP) is 3.08. The molecule has 0 aliphatic carbocycles. The van der Waals surface area contributed by atoms with Crippen molar-refractivity contribution >= 4 is 35.1 Å². The van der Waals surface area contributed by atoms with Gasteiger partial charge in [0.2, 0.25) is 5.91 Å². The molecule has 3 amide bonds. The van der Waals surface area contributed by atoms with Crippen molar-refractivity contribution in [1.82, 2.24) is 15.1 Å². The first-order valence-corrected chi connectivity index (χ1v) is 12.7. The highest BCUT2D eigenvalue weighted by molar-refractivity contribution is 6.31. The fourth-order valence-corrected chi connectivity index (χ4v) is 5.42. The van der Waals surface area contributed by atoms with E-state index in [0.29, 0.717) is 22.6 Å². The summed E-state index contributed by atoms with van der Waals surface area (Å²) in [5.41, 5.74) is 1.52. The highest BCUT2D eigenvalue weighted by Gasteiger charge is 2.52. The topological polar surface area (TPSA) is 107 Å². The van der Waals surface area contributed by atoms with Gasteiger partial charge in [-0.15, -0.1) is 0 Å². The Hall–Kier alpha value is -4.17. The van der Waals surface area contributed by atoms with Crippen LogP contribution in [-0.2, 0) is 16.0 Å². The lowest BCUT2D eigenvalue weighted by atomic mass is 10.0. The number of fused-ring (bicyclic) bond motifs is 1. The number of benzene rings is 3. The number of nitrogens with zero attached hydrogens (tertiary/aromatic N) is 2. The van der Waals surface area contributed by atoms with Gasteiger partial charge < -0.3 is 20.2 Å². The number of nitrogens with one attached hydrogen (secondary N) is 1. The second kappa shape index (κ2) is 10.7. The van der Waals surface area contributed by atoms with Crippen LogP contribution in [0.5, 0.6) is 5.75 Å². The van der Waals surface area contributed by atoms with Crippen molar-refractivity contribution in [1.29, 1.82) is 0 Å². The Labute approximate surface area is 224 Å². The number of hydrogen-bond donors (Lipinski definition) is 2. The van der Waals surface area contributed by atoms with E-state index in [9.17, 15) is 24.3 Å². The zero-order valence-electron chi connectivity index (χ0n) is 20.4. The van der Waals surface area contributed by atoms with Gasteiger partial charge in [0, 0.05) is 29.1 Å². The van der Waals surface area contributed by atoms with Gasteiger partial charge in [0.1, 0.15) is 17.8 Å². The second-order valence-corrected chi connectivity index (χ2v) is 9.94. The molecular formula is C29H26ClN3O5. The summed E-state index contributed by atoms with van der Waals surface area (Å²) in [7, 11) is 0. The molecule has 0 bridgehead atoms. The van der Waals surface area contributed by atoms with Crippen LogP contribution in [0.15, 0.2) is 78.9 Å². The number of amides is 3. The van der Waals surface area contributed by atoms with Gasteiger partial charge in [-0.3, -0.25) is 19.2 Å². The lowest BCUT2D eigenvalue weighted by molar-refractivity contribution is -0.138. The third-order valence-corrected chi connectivity index (χ3v) is 7.29. The number of rotatable bonds is 6. The number of hydrogen-bond acceptors (Lipinski definition) is 5. The first-order chi connectivity index (χ1) is 18.3. The van der Waals surface area contributed by atoms with E-state index in [4.69, 9.17) is 11.6 Å². The molecule has 8 nitrogen and oxygen atoms in total. The molecule has 2 heterocycles. The van der Waals surface area contributed by atoms with Crippen molar-refractivity contribution in [2.75, 3.05) is 13.1 Å². The number of Topliss-reactive ketones (excluding diaryl/α,β-unsaturated/α-hetero) is 1. The van der Waals surface area contributed by atoms with E-state index < -0.39 is 29.9 Å². The highest BCUT2D eigenvalue weighted by Crippen LogP contribution is 2.31. The molecule has 0 saturated carbocycles. The Morgan fingerprint density at radius 3 is 2.37 bits per heavy atom. The largest absolute Gasteiger partial charge is 0.508 e. The Bertz CT molecular complexity index is 1380. The van der Waals surface area contributed by atoms with E-state index in [-0.39, 0.29) is 37.0 Å². The van der Waals surface area contributed by atoms with Crippen LogP contribution in [0.3, 0.4) is 0 Å². The molecule has 0 radical (unpaired) electrons. The van der Waals surface area contributed by atoms with Gasteiger partial charge in [-0.05, 0) is 54.4 Å². The van der Waals surface area contributed by atoms with Crippen molar-refractivity contribution in [2.24, 2.45) is 0 Å². The maximum Gasteiger partial charge on any atom is 0.254 e. The van der Waals surface area contributed by atoms with Gasteiger partial charge >= 0.3 is 0 Å². The zero-order chi connectivity index (χ0) is 26.8. The molecule has 38 heavy (non-hydrogen) atoms. The van der Waals surface area contributed by atoms with Gasteiger partial charge in [0.25, 0.3) is 11.8 Å². The van der Waals surface area contributed by atoms with E-state index in [1.807, 2.05) is 6.07 Å². The van der Waals surface area contributed by atoms with Crippen molar-refractivity contribution in [3.8, 4) is 5.75 Å². The van der Waals surface area contributed by atoms with E-state index in [0.717, 1.165) is 5.56 Å². The van der Waals surface area contributed by atoms with Crippen LogP contribution in [0.2, 0.25) is 5.02 Å². The predicted molar refractivity (Wildman–Crippen MR) is 141 cm³/mol. The van der Waals surface area contributed by atoms with E-state index in [1.165, 1.54) is 23.1 Å². The summed E-state index contributed by atoms with van der Waals surface area (Å²) in [6, 6.07) is 19.4. The molecule has 3 aromatic carbocycles. The van der Waals surface area contributed by atoms with Gasteiger partial charge in [0.05, 0.1) is 12.6 Å². The minimum atomic E-state index is -0.976. The number of carbonyl (C=O) groups excluding carboxylic acids is 4. The summed E-state index contributed by atoms with van der Waals surface area (Å²) in [6.07, 6.45) is 0.620. The standard InChI is InChI=1S/C29H26ClN3O5/c30-21-8-4-7-20(16-21)27(36)31-23(15-18-9-11-22(34)12-10-18)29(38)32-14-13-24-26(32)25(35)17-33(24)28(37)19-5-2-1-3-6-19/h1-12,16,23-24,26,34H,13-15,17H2,(H,31,36). The average Bonchev–Trinajstić information content (AvgIpc) is 3.50. The number of phenolic OH excluding ortho intramolecular Hbond substituents is 1. The van der Waals surface area contributed by atoms with Crippen LogP contribution in [0, 0.1) is 0 Å². The molecule has 2 fully saturated rings. The van der Waals surface area contributed by atoms with Gasteiger partial charge in [-0.1, -0.05) is 48.0 Å². The summed E-state index contributed by atoms with van der Waals surface area (Å²) in [4.78, 5) is 56.2. The number of aromatic hydroxyl groups is 1. The van der Waals surface area contributed by atoms with E-state index >= 15 is 0 Å². The molecule has 0 aromatic heterocycles. The molecule has 194 valence electrons. The second-order valence-electron chi connectivity index (χ2n) is 9.50. The number of halogens is 1. The van der Waals surface area contributed by atoms with E-state index in [1.54, 1.807) is 59.5 Å². The quantitative estimate of drug-likeness (QED) is 0.508. The summed E-state index contributed by atoms with van der Waals surface area (Å²) in [6.45, 7) is 0.224. The minimum Gasteiger partial charge on any atom is -0.508 e. The monoisotopic (exact) mass is 531 g/mol. The first-order valence-electron chi connectivity index (χ1n) is 12.4. The molecule has 2 saturated heterocycles. The summed E-state index contributed by atoms with van der Waals surface area (Å²) >= 11 is 6.05. The third-order valence-electron chi connectivity index (χ3n) is 7.05. The molecule has 3 aromatic rings. The fraction of sp³-hybridized carbons (Fsp3) is 0.241. The lowest BCUT2D eigenvalue weighted by Crippen LogP contribution is -2.53. The Morgan fingerprint density at radius 2 is 1.66 bits per heavy atom.